The maximum atomic E-state index is 12.8. The summed E-state index contributed by atoms with van der Waals surface area (Å²) in [5.41, 5.74) is 7.72. The van der Waals surface area contributed by atoms with Gasteiger partial charge in [-0.1, -0.05) is 18.2 Å². The number of amides is 1. The molecule has 0 aliphatic heterocycles. The summed E-state index contributed by atoms with van der Waals surface area (Å²) in [6.07, 6.45) is 7.66. The Labute approximate surface area is 137 Å². The normalized spacial score (nSPS) is 21.1. The van der Waals surface area contributed by atoms with Gasteiger partial charge < -0.3 is 10.6 Å². The summed E-state index contributed by atoms with van der Waals surface area (Å²) in [4.78, 5) is 14.6. The van der Waals surface area contributed by atoms with Gasteiger partial charge in [0.1, 0.15) is 0 Å². The molecule has 1 aromatic carbocycles. The highest BCUT2D eigenvalue weighted by Crippen LogP contribution is 2.33. The molecule has 2 aromatic rings. The zero-order valence-corrected chi connectivity index (χ0v) is 13.6. The smallest absolute Gasteiger partial charge is 0.229 e. The number of hydrogen-bond donors (Lipinski definition) is 1. The number of nitrogens with two attached hydrogens (primary N) is 1. The van der Waals surface area contributed by atoms with Crippen LogP contribution in [0.5, 0.6) is 0 Å². The van der Waals surface area contributed by atoms with Gasteiger partial charge in [-0.25, -0.2) is 0 Å². The Kier molecular flexibility index (Phi) is 4.76. The number of anilines is 1. The van der Waals surface area contributed by atoms with E-state index in [0.29, 0.717) is 12.6 Å². The number of aromatic nitrogens is 2. The third kappa shape index (κ3) is 3.29. The van der Waals surface area contributed by atoms with E-state index in [9.17, 15) is 4.79 Å². The second-order valence-electron chi connectivity index (χ2n) is 6.22. The number of hydrogen-bond acceptors (Lipinski definition) is 3. The standard InChI is InChI=1S/C18H24N4O/c1-21(17-6-3-2-5-15(17)13-19)18(23)14-7-9-16(10-8-14)22-12-4-11-20-22/h2-6,11-12,14,16H,7-10,13,19H2,1H3. The molecular weight excluding hydrogens is 288 g/mol. The molecule has 23 heavy (non-hydrogen) atoms. The van der Waals surface area contributed by atoms with Crippen LogP contribution in [0.25, 0.3) is 0 Å². The third-order valence-electron chi connectivity index (χ3n) is 4.85. The van der Waals surface area contributed by atoms with Crippen LogP contribution >= 0.6 is 0 Å². The van der Waals surface area contributed by atoms with Crippen molar-refractivity contribution in [1.29, 1.82) is 0 Å². The summed E-state index contributed by atoms with van der Waals surface area (Å²) < 4.78 is 2.02. The lowest BCUT2D eigenvalue weighted by molar-refractivity contribution is -0.123. The van der Waals surface area contributed by atoms with Crippen molar-refractivity contribution in [2.24, 2.45) is 11.7 Å². The Morgan fingerprint density at radius 1 is 1.26 bits per heavy atom. The quantitative estimate of drug-likeness (QED) is 0.944. The van der Waals surface area contributed by atoms with Gasteiger partial charge in [-0.05, 0) is 43.4 Å². The molecule has 1 aromatic heterocycles. The monoisotopic (exact) mass is 312 g/mol. The van der Waals surface area contributed by atoms with E-state index in [1.54, 1.807) is 4.90 Å². The van der Waals surface area contributed by atoms with Gasteiger partial charge in [-0.15, -0.1) is 0 Å². The van der Waals surface area contributed by atoms with E-state index in [1.165, 1.54) is 0 Å². The Morgan fingerprint density at radius 3 is 2.65 bits per heavy atom. The Bertz CT molecular complexity index is 645. The van der Waals surface area contributed by atoms with Crippen LogP contribution in [0, 0.1) is 5.92 Å². The molecule has 1 aliphatic carbocycles. The second-order valence-corrected chi connectivity index (χ2v) is 6.22. The van der Waals surface area contributed by atoms with Crippen LogP contribution in [-0.4, -0.2) is 22.7 Å². The minimum Gasteiger partial charge on any atom is -0.326 e. The largest absolute Gasteiger partial charge is 0.326 e. The maximum Gasteiger partial charge on any atom is 0.229 e. The SMILES string of the molecule is CN(C(=O)C1CCC(n2cccn2)CC1)c1ccccc1CN. The molecule has 1 amide bonds. The second kappa shape index (κ2) is 6.96. The summed E-state index contributed by atoms with van der Waals surface area (Å²) in [7, 11) is 1.86. The fraction of sp³-hybridized carbons (Fsp3) is 0.444. The number of nitrogens with zero attached hydrogens (tertiary/aromatic N) is 3. The van der Waals surface area contributed by atoms with E-state index in [1.807, 2.05) is 54.5 Å². The number of para-hydroxylation sites is 1. The lowest BCUT2D eigenvalue weighted by atomic mass is 9.85. The van der Waals surface area contributed by atoms with Crippen molar-refractivity contribution in [1.82, 2.24) is 9.78 Å². The van der Waals surface area contributed by atoms with E-state index in [2.05, 4.69) is 5.10 Å². The fourth-order valence-corrected chi connectivity index (χ4v) is 3.49. The van der Waals surface area contributed by atoms with Gasteiger partial charge in [0.15, 0.2) is 0 Å². The zero-order valence-electron chi connectivity index (χ0n) is 13.6. The predicted octanol–water partition coefficient (Wildman–Crippen LogP) is 2.74. The van der Waals surface area contributed by atoms with Crippen molar-refractivity contribution in [3.63, 3.8) is 0 Å². The number of carbonyl (C=O) groups excluding carboxylic acids is 1. The molecule has 0 unspecified atom stereocenters. The summed E-state index contributed by atoms with van der Waals surface area (Å²) in [6, 6.07) is 10.2. The summed E-state index contributed by atoms with van der Waals surface area (Å²) >= 11 is 0. The van der Waals surface area contributed by atoms with Crippen LogP contribution in [0.15, 0.2) is 42.7 Å². The van der Waals surface area contributed by atoms with Gasteiger partial charge in [0.05, 0.1) is 6.04 Å². The van der Waals surface area contributed by atoms with Gasteiger partial charge >= 0.3 is 0 Å². The minimum atomic E-state index is 0.0950. The van der Waals surface area contributed by atoms with Crippen molar-refractivity contribution >= 4 is 11.6 Å². The van der Waals surface area contributed by atoms with E-state index >= 15 is 0 Å². The molecule has 1 aliphatic rings. The molecule has 5 nitrogen and oxygen atoms in total. The van der Waals surface area contributed by atoms with Crippen molar-refractivity contribution < 1.29 is 4.79 Å². The van der Waals surface area contributed by atoms with Crippen LogP contribution < -0.4 is 10.6 Å². The van der Waals surface area contributed by atoms with Crippen LogP contribution in [0.4, 0.5) is 5.69 Å². The van der Waals surface area contributed by atoms with Crippen molar-refractivity contribution in [2.45, 2.75) is 38.3 Å². The van der Waals surface area contributed by atoms with Gasteiger partial charge in [0, 0.05) is 37.6 Å². The molecule has 0 spiro atoms. The van der Waals surface area contributed by atoms with Crippen molar-refractivity contribution in [3.8, 4) is 0 Å². The van der Waals surface area contributed by atoms with E-state index in [4.69, 9.17) is 5.73 Å². The highest BCUT2D eigenvalue weighted by molar-refractivity contribution is 5.95. The van der Waals surface area contributed by atoms with Crippen molar-refractivity contribution in [2.75, 3.05) is 11.9 Å². The van der Waals surface area contributed by atoms with Crippen LogP contribution in [0.1, 0.15) is 37.3 Å². The maximum absolute atomic E-state index is 12.8. The molecule has 1 fully saturated rings. The van der Waals surface area contributed by atoms with Gasteiger partial charge in [0.25, 0.3) is 0 Å². The van der Waals surface area contributed by atoms with Gasteiger partial charge in [-0.3, -0.25) is 9.48 Å². The Morgan fingerprint density at radius 2 is 2.00 bits per heavy atom. The lowest BCUT2D eigenvalue weighted by Gasteiger charge is -2.31. The van der Waals surface area contributed by atoms with Gasteiger partial charge in [0.2, 0.25) is 5.91 Å². The molecule has 3 rings (SSSR count). The first-order chi connectivity index (χ1) is 11.2. The zero-order chi connectivity index (χ0) is 16.2. The van der Waals surface area contributed by atoms with Crippen LogP contribution in [-0.2, 0) is 11.3 Å². The molecular formula is C18H24N4O. The third-order valence-corrected chi connectivity index (χ3v) is 4.85. The van der Waals surface area contributed by atoms with Crippen molar-refractivity contribution in [3.05, 3.63) is 48.3 Å². The van der Waals surface area contributed by atoms with Crippen LogP contribution in [0.3, 0.4) is 0 Å². The molecule has 0 radical (unpaired) electrons. The molecule has 2 N–H and O–H groups in total. The first-order valence-corrected chi connectivity index (χ1v) is 8.25. The molecule has 0 atom stereocenters. The first kappa shape index (κ1) is 15.7. The molecule has 1 heterocycles. The van der Waals surface area contributed by atoms with E-state index in [0.717, 1.165) is 36.9 Å². The Balaban J connectivity index is 1.65. The molecule has 122 valence electrons. The van der Waals surface area contributed by atoms with Crippen LogP contribution in [0.2, 0.25) is 0 Å². The average Bonchev–Trinajstić information content (AvgIpc) is 3.15. The number of rotatable bonds is 4. The fourth-order valence-electron chi connectivity index (χ4n) is 3.49. The summed E-state index contributed by atoms with van der Waals surface area (Å²) in [6.45, 7) is 0.444. The lowest BCUT2D eigenvalue weighted by Crippen LogP contribution is -2.36. The highest BCUT2D eigenvalue weighted by atomic mass is 16.2. The summed E-state index contributed by atoms with van der Waals surface area (Å²) in [5.74, 6) is 0.294. The number of benzene rings is 1. The topological polar surface area (TPSA) is 64.2 Å². The van der Waals surface area contributed by atoms with E-state index in [-0.39, 0.29) is 11.8 Å². The number of carbonyl (C=O) groups is 1. The molecule has 0 saturated heterocycles. The minimum absolute atomic E-state index is 0.0950. The summed E-state index contributed by atoms with van der Waals surface area (Å²) in [5, 5.41) is 4.32. The molecule has 5 heteroatoms. The first-order valence-electron chi connectivity index (χ1n) is 8.25. The van der Waals surface area contributed by atoms with E-state index < -0.39 is 0 Å². The average molecular weight is 312 g/mol. The molecule has 0 bridgehead atoms. The van der Waals surface area contributed by atoms with Gasteiger partial charge in [-0.2, -0.15) is 5.10 Å². The Hall–Kier alpha value is -2.14. The predicted molar refractivity (Wildman–Crippen MR) is 91.0 cm³/mol. The highest BCUT2D eigenvalue weighted by Gasteiger charge is 2.29. The molecule has 1 saturated carbocycles.